The Morgan fingerprint density at radius 3 is 2.38 bits per heavy atom. The van der Waals surface area contributed by atoms with Crippen LogP contribution in [0.15, 0.2) is 12.2 Å². The molecule has 1 nitrogen and oxygen atoms in total. The summed E-state index contributed by atoms with van der Waals surface area (Å²) in [5.41, 5.74) is 1.35. The van der Waals surface area contributed by atoms with Crippen molar-refractivity contribution in [1.29, 1.82) is 0 Å². The highest BCUT2D eigenvalue weighted by Crippen LogP contribution is 2.03. The highest BCUT2D eigenvalue weighted by Gasteiger charge is 1.98. The van der Waals surface area contributed by atoms with Gasteiger partial charge in [0.1, 0.15) is 0 Å². The Morgan fingerprint density at radius 1 is 1.15 bits per heavy atom. The van der Waals surface area contributed by atoms with Gasteiger partial charge >= 0.3 is 0 Å². The molecule has 0 amide bonds. The van der Waals surface area contributed by atoms with E-state index in [0.29, 0.717) is 0 Å². The second-order valence-corrected chi connectivity index (χ2v) is 3.90. The maximum Gasteiger partial charge on any atom is 0.0187 e. The van der Waals surface area contributed by atoms with Gasteiger partial charge in [-0.1, -0.05) is 45.3 Å². The van der Waals surface area contributed by atoms with Crippen LogP contribution >= 0.6 is 0 Å². The third-order valence-electron chi connectivity index (χ3n) is 2.39. The zero-order chi connectivity index (χ0) is 10.1. The first-order valence-corrected chi connectivity index (χ1v) is 5.55. The summed E-state index contributed by atoms with van der Waals surface area (Å²) in [4.78, 5) is 2.38. The summed E-state index contributed by atoms with van der Waals surface area (Å²) in [6, 6.07) is 0. The third-order valence-corrected chi connectivity index (χ3v) is 2.39. The van der Waals surface area contributed by atoms with Gasteiger partial charge in [-0.15, -0.1) is 0 Å². The Morgan fingerprint density at radius 2 is 1.85 bits per heavy atom. The number of unbranched alkanes of at least 4 members (excludes halogenated alkanes) is 3. The first-order valence-electron chi connectivity index (χ1n) is 5.55. The summed E-state index contributed by atoms with van der Waals surface area (Å²) in [5, 5.41) is 0. The quantitative estimate of drug-likeness (QED) is 0.411. The predicted molar refractivity (Wildman–Crippen MR) is 61.1 cm³/mol. The van der Waals surface area contributed by atoms with Crippen molar-refractivity contribution in [3.63, 3.8) is 0 Å². The van der Waals surface area contributed by atoms with Crippen LogP contribution in [0.25, 0.3) is 0 Å². The smallest absolute Gasteiger partial charge is 0.0187 e. The van der Waals surface area contributed by atoms with Crippen molar-refractivity contribution in [3.05, 3.63) is 12.2 Å². The van der Waals surface area contributed by atoms with Crippen LogP contribution in [0, 0.1) is 0 Å². The van der Waals surface area contributed by atoms with Crippen LogP contribution in [0.3, 0.4) is 0 Å². The highest BCUT2D eigenvalue weighted by atomic mass is 15.1. The number of hydrogen-bond donors (Lipinski definition) is 0. The number of rotatable bonds is 8. The van der Waals surface area contributed by atoms with Crippen LogP contribution in [0.4, 0.5) is 0 Å². The van der Waals surface area contributed by atoms with E-state index in [9.17, 15) is 0 Å². The van der Waals surface area contributed by atoms with Gasteiger partial charge in [0, 0.05) is 6.54 Å². The molecule has 0 radical (unpaired) electrons. The van der Waals surface area contributed by atoms with E-state index in [2.05, 4.69) is 32.4 Å². The molecule has 0 aromatic heterocycles. The molecule has 78 valence electrons. The van der Waals surface area contributed by atoms with Gasteiger partial charge in [0.15, 0.2) is 0 Å². The van der Waals surface area contributed by atoms with Crippen molar-refractivity contribution in [2.24, 2.45) is 0 Å². The van der Waals surface area contributed by atoms with E-state index in [4.69, 9.17) is 0 Å². The topological polar surface area (TPSA) is 3.24 Å². The summed E-state index contributed by atoms with van der Waals surface area (Å²) < 4.78 is 0. The largest absolute Gasteiger partial charge is 0.302 e. The van der Waals surface area contributed by atoms with Gasteiger partial charge in [-0.2, -0.15) is 0 Å². The molecule has 0 saturated carbocycles. The maximum absolute atomic E-state index is 4.02. The molecule has 0 aliphatic carbocycles. The lowest BCUT2D eigenvalue weighted by Gasteiger charge is -2.17. The molecule has 0 N–H and O–H groups in total. The van der Waals surface area contributed by atoms with E-state index in [1.807, 2.05) is 0 Å². The maximum atomic E-state index is 4.02. The number of likely N-dealkylation sites (N-methyl/N-ethyl adjacent to an activating group) is 1. The van der Waals surface area contributed by atoms with Crippen molar-refractivity contribution in [2.75, 3.05) is 20.1 Å². The standard InChI is InChI=1S/C12H25N/c1-5-7-8-9-10-13(4)11-12(3)6-2/h3,5-11H2,1-2,4H3. The zero-order valence-electron chi connectivity index (χ0n) is 9.60. The summed E-state index contributed by atoms with van der Waals surface area (Å²) in [6.45, 7) is 10.7. The minimum Gasteiger partial charge on any atom is -0.302 e. The summed E-state index contributed by atoms with van der Waals surface area (Å²) in [5.74, 6) is 0. The molecule has 0 spiro atoms. The van der Waals surface area contributed by atoms with E-state index in [-0.39, 0.29) is 0 Å². The molecule has 0 aromatic carbocycles. The average molecular weight is 183 g/mol. The lowest BCUT2D eigenvalue weighted by atomic mass is 10.2. The van der Waals surface area contributed by atoms with Crippen molar-refractivity contribution in [1.82, 2.24) is 4.90 Å². The Labute approximate surface area is 83.8 Å². The molecule has 0 fully saturated rings. The lowest BCUT2D eigenvalue weighted by Crippen LogP contribution is -2.21. The molecule has 13 heavy (non-hydrogen) atoms. The van der Waals surface area contributed by atoms with E-state index in [1.165, 1.54) is 37.8 Å². The molecule has 0 atom stereocenters. The monoisotopic (exact) mass is 183 g/mol. The second kappa shape index (κ2) is 8.31. The molecule has 0 unspecified atom stereocenters. The fraction of sp³-hybridized carbons (Fsp3) is 0.833. The second-order valence-electron chi connectivity index (χ2n) is 3.90. The van der Waals surface area contributed by atoms with Crippen molar-refractivity contribution >= 4 is 0 Å². The fourth-order valence-corrected chi connectivity index (χ4v) is 1.38. The van der Waals surface area contributed by atoms with Gasteiger partial charge in [-0.25, -0.2) is 0 Å². The van der Waals surface area contributed by atoms with E-state index in [0.717, 1.165) is 13.0 Å². The molecule has 0 bridgehead atoms. The average Bonchev–Trinajstić information content (AvgIpc) is 2.12. The first-order chi connectivity index (χ1) is 6.20. The first kappa shape index (κ1) is 12.7. The minimum atomic E-state index is 1.07. The molecular weight excluding hydrogens is 158 g/mol. The van der Waals surface area contributed by atoms with Crippen molar-refractivity contribution in [3.8, 4) is 0 Å². The van der Waals surface area contributed by atoms with Crippen molar-refractivity contribution in [2.45, 2.75) is 46.0 Å². The molecule has 0 aliphatic heterocycles. The predicted octanol–water partition coefficient (Wildman–Crippen LogP) is 3.46. The SMILES string of the molecule is C=C(CC)CN(C)CCCCCC. The summed E-state index contributed by atoms with van der Waals surface area (Å²) in [6.07, 6.45) is 6.52. The van der Waals surface area contributed by atoms with E-state index >= 15 is 0 Å². The lowest BCUT2D eigenvalue weighted by molar-refractivity contribution is 0.347. The molecule has 0 rings (SSSR count). The Bertz CT molecular complexity index is 129. The molecular formula is C12H25N. The summed E-state index contributed by atoms with van der Waals surface area (Å²) in [7, 11) is 2.19. The Kier molecular flexibility index (Phi) is 8.11. The summed E-state index contributed by atoms with van der Waals surface area (Å²) >= 11 is 0. The van der Waals surface area contributed by atoms with Crippen LogP contribution < -0.4 is 0 Å². The van der Waals surface area contributed by atoms with Gasteiger partial charge in [0.05, 0.1) is 0 Å². The number of nitrogens with zero attached hydrogens (tertiary/aromatic N) is 1. The van der Waals surface area contributed by atoms with Crippen LogP contribution in [0.5, 0.6) is 0 Å². The normalized spacial score (nSPS) is 10.8. The molecule has 0 saturated heterocycles. The van der Waals surface area contributed by atoms with Crippen LogP contribution in [0.2, 0.25) is 0 Å². The highest BCUT2D eigenvalue weighted by molar-refractivity contribution is 4.95. The van der Waals surface area contributed by atoms with Crippen LogP contribution in [-0.2, 0) is 0 Å². The van der Waals surface area contributed by atoms with E-state index in [1.54, 1.807) is 0 Å². The molecule has 0 heterocycles. The number of hydrogen-bond acceptors (Lipinski definition) is 1. The molecule has 0 aromatic rings. The van der Waals surface area contributed by atoms with Gasteiger partial charge in [-0.3, -0.25) is 0 Å². The zero-order valence-corrected chi connectivity index (χ0v) is 9.60. The van der Waals surface area contributed by atoms with Gasteiger partial charge < -0.3 is 4.90 Å². The third kappa shape index (κ3) is 8.04. The van der Waals surface area contributed by atoms with E-state index < -0.39 is 0 Å². The van der Waals surface area contributed by atoms with Gasteiger partial charge in [0.2, 0.25) is 0 Å². The Balaban J connectivity index is 3.29. The van der Waals surface area contributed by atoms with Gasteiger partial charge in [0.25, 0.3) is 0 Å². The molecule has 1 heteroatoms. The van der Waals surface area contributed by atoms with Crippen molar-refractivity contribution < 1.29 is 0 Å². The van der Waals surface area contributed by atoms with Crippen LogP contribution in [-0.4, -0.2) is 25.0 Å². The minimum absolute atomic E-state index is 1.07. The fourth-order valence-electron chi connectivity index (χ4n) is 1.38. The Hall–Kier alpha value is -0.300. The van der Waals surface area contributed by atoms with Gasteiger partial charge in [-0.05, 0) is 26.4 Å². The van der Waals surface area contributed by atoms with Crippen LogP contribution in [0.1, 0.15) is 46.0 Å². The molecule has 0 aliphatic rings.